The van der Waals surface area contributed by atoms with Crippen LogP contribution in [0.3, 0.4) is 0 Å². The highest BCUT2D eigenvalue weighted by Crippen LogP contribution is 2.17. The summed E-state index contributed by atoms with van der Waals surface area (Å²) >= 11 is 0. The molecule has 27 heavy (non-hydrogen) atoms. The standard InChI is InChI=1S/C19H24N4O4/c1-2-26-19(25)23-9-6-15(7-10-23)22-17-12-14(5-8-20-17)18(24)21-13-16-4-3-11-27-16/h3-5,8,11-12,15H,2,6-7,9-10,13H2,1H3,(H,20,22)(H,21,24). The predicted molar refractivity (Wildman–Crippen MR) is 99.4 cm³/mol. The van der Waals surface area contributed by atoms with E-state index in [4.69, 9.17) is 9.15 Å². The molecule has 0 spiro atoms. The van der Waals surface area contributed by atoms with Crippen LogP contribution in [0.2, 0.25) is 0 Å². The Labute approximate surface area is 157 Å². The quantitative estimate of drug-likeness (QED) is 0.809. The van der Waals surface area contributed by atoms with Crippen molar-refractivity contribution in [3.8, 4) is 0 Å². The second-order valence-electron chi connectivity index (χ2n) is 6.30. The van der Waals surface area contributed by atoms with E-state index in [2.05, 4.69) is 15.6 Å². The molecule has 2 amide bonds. The van der Waals surface area contributed by atoms with Crippen molar-refractivity contribution in [3.63, 3.8) is 0 Å². The number of hydrogen-bond donors (Lipinski definition) is 2. The molecule has 0 atom stereocenters. The maximum Gasteiger partial charge on any atom is 0.409 e. The second-order valence-corrected chi connectivity index (χ2v) is 6.30. The van der Waals surface area contributed by atoms with Gasteiger partial charge >= 0.3 is 6.09 Å². The zero-order valence-corrected chi connectivity index (χ0v) is 15.3. The molecule has 8 nitrogen and oxygen atoms in total. The number of carbonyl (C=O) groups excluding carboxylic acids is 2. The van der Waals surface area contributed by atoms with E-state index >= 15 is 0 Å². The Bertz CT molecular complexity index is 755. The zero-order chi connectivity index (χ0) is 19.1. The van der Waals surface area contributed by atoms with Gasteiger partial charge in [-0.1, -0.05) is 0 Å². The number of amides is 2. The minimum atomic E-state index is -0.260. The third-order valence-electron chi connectivity index (χ3n) is 4.40. The van der Waals surface area contributed by atoms with Crippen LogP contribution in [-0.2, 0) is 11.3 Å². The van der Waals surface area contributed by atoms with Crippen molar-refractivity contribution in [3.05, 3.63) is 48.0 Å². The van der Waals surface area contributed by atoms with Crippen molar-refractivity contribution >= 4 is 17.8 Å². The molecule has 0 saturated carbocycles. The van der Waals surface area contributed by atoms with E-state index < -0.39 is 0 Å². The molecular formula is C19H24N4O4. The second kappa shape index (κ2) is 9.07. The van der Waals surface area contributed by atoms with Crippen LogP contribution in [-0.4, -0.2) is 47.6 Å². The maximum atomic E-state index is 12.3. The number of nitrogens with one attached hydrogen (secondary N) is 2. The number of pyridine rings is 1. The summed E-state index contributed by atoms with van der Waals surface area (Å²) in [6, 6.07) is 7.19. The van der Waals surface area contributed by atoms with Gasteiger partial charge in [0.05, 0.1) is 19.4 Å². The lowest BCUT2D eigenvalue weighted by Crippen LogP contribution is -2.42. The monoisotopic (exact) mass is 372 g/mol. The number of aromatic nitrogens is 1. The maximum absolute atomic E-state index is 12.3. The van der Waals surface area contributed by atoms with Crippen molar-refractivity contribution in [1.82, 2.24) is 15.2 Å². The van der Waals surface area contributed by atoms with Gasteiger partial charge in [-0.15, -0.1) is 0 Å². The summed E-state index contributed by atoms with van der Waals surface area (Å²) in [5.74, 6) is 1.16. The number of nitrogens with zero attached hydrogens (tertiary/aromatic N) is 2. The largest absolute Gasteiger partial charge is 0.467 e. The molecule has 1 aliphatic heterocycles. The first-order valence-electron chi connectivity index (χ1n) is 9.10. The highest BCUT2D eigenvalue weighted by atomic mass is 16.6. The zero-order valence-electron chi connectivity index (χ0n) is 15.3. The Hall–Kier alpha value is -3.03. The lowest BCUT2D eigenvalue weighted by atomic mass is 10.1. The lowest BCUT2D eigenvalue weighted by Gasteiger charge is -2.31. The van der Waals surface area contributed by atoms with Crippen molar-refractivity contribution in [2.75, 3.05) is 25.0 Å². The summed E-state index contributed by atoms with van der Waals surface area (Å²) in [7, 11) is 0. The van der Waals surface area contributed by atoms with Gasteiger partial charge in [-0.05, 0) is 44.0 Å². The van der Waals surface area contributed by atoms with Gasteiger partial charge in [-0.2, -0.15) is 0 Å². The van der Waals surface area contributed by atoms with Gasteiger partial charge in [0.2, 0.25) is 0 Å². The van der Waals surface area contributed by atoms with Crippen LogP contribution in [0, 0.1) is 0 Å². The summed E-state index contributed by atoms with van der Waals surface area (Å²) in [6.45, 7) is 3.80. The molecule has 8 heteroatoms. The first-order chi connectivity index (χ1) is 13.2. The molecule has 2 aromatic rings. The van der Waals surface area contributed by atoms with Crippen LogP contribution in [0.1, 0.15) is 35.9 Å². The fourth-order valence-corrected chi connectivity index (χ4v) is 2.96. The molecule has 2 N–H and O–H groups in total. The lowest BCUT2D eigenvalue weighted by molar-refractivity contribution is 0.0945. The SMILES string of the molecule is CCOC(=O)N1CCC(Nc2cc(C(=O)NCc3ccco3)ccn2)CC1. The van der Waals surface area contributed by atoms with Gasteiger partial charge < -0.3 is 24.7 Å². The Balaban J connectivity index is 1.50. The van der Waals surface area contributed by atoms with Crippen LogP contribution < -0.4 is 10.6 Å². The third-order valence-corrected chi connectivity index (χ3v) is 4.40. The van der Waals surface area contributed by atoms with Crippen LogP contribution in [0.4, 0.5) is 10.6 Å². The van der Waals surface area contributed by atoms with Gasteiger partial charge in [0.15, 0.2) is 0 Å². The van der Waals surface area contributed by atoms with E-state index in [-0.39, 0.29) is 18.0 Å². The molecule has 2 aromatic heterocycles. The molecule has 1 aliphatic rings. The summed E-state index contributed by atoms with van der Waals surface area (Å²) in [5.41, 5.74) is 0.531. The minimum absolute atomic E-state index is 0.186. The number of anilines is 1. The normalized spacial score (nSPS) is 14.6. The molecule has 3 rings (SSSR count). The number of furan rings is 1. The number of piperidine rings is 1. The van der Waals surface area contributed by atoms with Crippen LogP contribution in [0.25, 0.3) is 0 Å². The van der Waals surface area contributed by atoms with E-state index in [1.165, 1.54) is 0 Å². The first-order valence-corrected chi connectivity index (χ1v) is 9.10. The van der Waals surface area contributed by atoms with Crippen LogP contribution in [0.5, 0.6) is 0 Å². The van der Waals surface area contributed by atoms with Crippen LogP contribution in [0.15, 0.2) is 41.1 Å². The van der Waals surface area contributed by atoms with Gasteiger partial charge in [-0.3, -0.25) is 4.79 Å². The first kappa shape index (κ1) is 18.8. The molecule has 0 unspecified atom stereocenters. The van der Waals surface area contributed by atoms with Crippen molar-refractivity contribution in [2.24, 2.45) is 0 Å². The van der Waals surface area contributed by atoms with Gasteiger partial charge in [0, 0.05) is 30.9 Å². The number of carbonyl (C=O) groups is 2. The van der Waals surface area contributed by atoms with E-state index in [9.17, 15) is 9.59 Å². The summed E-state index contributed by atoms with van der Waals surface area (Å²) in [6.07, 6.45) is 4.52. The number of likely N-dealkylation sites (tertiary alicyclic amines) is 1. The number of hydrogen-bond acceptors (Lipinski definition) is 6. The number of rotatable bonds is 6. The highest BCUT2D eigenvalue weighted by molar-refractivity contribution is 5.94. The van der Waals surface area contributed by atoms with E-state index in [1.807, 2.05) is 6.07 Å². The van der Waals surface area contributed by atoms with E-state index in [0.717, 1.165) is 12.8 Å². The molecule has 3 heterocycles. The fourth-order valence-electron chi connectivity index (χ4n) is 2.96. The van der Waals surface area contributed by atoms with E-state index in [1.54, 1.807) is 42.5 Å². The average molecular weight is 372 g/mol. The molecule has 0 aromatic carbocycles. The number of ether oxygens (including phenoxy) is 1. The minimum Gasteiger partial charge on any atom is -0.467 e. The summed E-state index contributed by atoms with van der Waals surface area (Å²) in [4.78, 5) is 30.1. The fraction of sp³-hybridized carbons (Fsp3) is 0.421. The van der Waals surface area contributed by atoms with Crippen LogP contribution >= 0.6 is 0 Å². The third kappa shape index (κ3) is 5.22. The topological polar surface area (TPSA) is 96.7 Å². The molecule has 0 aliphatic carbocycles. The molecule has 0 radical (unpaired) electrons. The predicted octanol–water partition coefficient (Wildman–Crippen LogP) is 2.64. The smallest absolute Gasteiger partial charge is 0.409 e. The van der Waals surface area contributed by atoms with Crippen molar-refractivity contribution in [1.29, 1.82) is 0 Å². The Morgan fingerprint density at radius 3 is 2.85 bits per heavy atom. The van der Waals surface area contributed by atoms with Gasteiger partial charge in [-0.25, -0.2) is 9.78 Å². The van der Waals surface area contributed by atoms with E-state index in [0.29, 0.717) is 43.4 Å². The Morgan fingerprint density at radius 2 is 2.15 bits per heavy atom. The Morgan fingerprint density at radius 1 is 1.33 bits per heavy atom. The van der Waals surface area contributed by atoms with Gasteiger partial charge in [0.25, 0.3) is 5.91 Å². The summed E-state index contributed by atoms with van der Waals surface area (Å²) < 4.78 is 10.2. The molecule has 1 fully saturated rings. The van der Waals surface area contributed by atoms with Crippen molar-refractivity contribution < 1.29 is 18.7 Å². The molecule has 0 bridgehead atoms. The summed E-state index contributed by atoms with van der Waals surface area (Å²) in [5, 5.41) is 6.16. The molecular weight excluding hydrogens is 348 g/mol. The highest BCUT2D eigenvalue weighted by Gasteiger charge is 2.23. The Kier molecular flexibility index (Phi) is 6.30. The molecule has 1 saturated heterocycles. The molecule has 144 valence electrons. The van der Waals surface area contributed by atoms with Gasteiger partial charge in [0.1, 0.15) is 11.6 Å². The van der Waals surface area contributed by atoms with Crippen molar-refractivity contribution in [2.45, 2.75) is 32.4 Å². The average Bonchev–Trinajstić information content (AvgIpc) is 3.21.